The average molecular weight is 411 g/mol. The zero-order chi connectivity index (χ0) is 20.4. The van der Waals surface area contributed by atoms with E-state index in [0.29, 0.717) is 25.2 Å². The summed E-state index contributed by atoms with van der Waals surface area (Å²) in [5.41, 5.74) is 8.76. The van der Waals surface area contributed by atoms with Gasteiger partial charge in [-0.15, -0.1) is 11.3 Å². The molecule has 29 heavy (non-hydrogen) atoms. The number of thiazole rings is 1. The molecular weight excluding hydrogens is 384 g/mol. The Balaban J connectivity index is 1.41. The molecule has 0 bridgehead atoms. The molecule has 3 heterocycles. The molecule has 152 valence electrons. The summed E-state index contributed by atoms with van der Waals surface area (Å²) in [5, 5.41) is 2.62. The van der Waals surface area contributed by atoms with E-state index in [4.69, 9.17) is 10.2 Å². The van der Waals surface area contributed by atoms with Crippen LogP contribution in [0.2, 0.25) is 0 Å². The van der Waals surface area contributed by atoms with Gasteiger partial charge in [0.25, 0.3) is 5.91 Å². The van der Waals surface area contributed by atoms with Crippen LogP contribution < -0.4 is 5.73 Å². The maximum Gasteiger partial charge on any atom is 0.273 e. The van der Waals surface area contributed by atoms with Crippen molar-refractivity contribution in [3.05, 3.63) is 69.3 Å². The normalized spacial score (nSPS) is 14.8. The number of aromatic nitrogens is 2. The van der Waals surface area contributed by atoms with Crippen LogP contribution in [0.1, 0.15) is 58.3 Å². The molecule has 1 aromatic carbocycles. The van der Waals surface area contributed by atoms with E-state index < -0.39 is 0 Å². The Labute approximate surface area is 174 Å². The number of oxazole rings is 1. The minimum Gasteiger partial charge on any atom is -0.445 e. The smallest absolute Gasteiger partial charge is 0.273 e. The summed E-state index contributed by atoms with van der Waals surface area (Å²) in [6.45, 7) is 5.19. The third kappa shape index (κ3) is 4.41. The van der Waals surface area contributed by atoms with E-state index in [-0.39, 0.29) is 17.9 Å². The summed E-state index contributed by atoms with van der Waals surface area (Å²) in [6, 6.07) is 10.2. The first kappa shape index (κ1) is 19.8. The number of rotatable bonds is 6. The SMILES string of the molecule is CC(C)[C@H](N)c1nc(C(=O)N2CCc3oc(CCc4ccccc4)nc3C2)cs1. The molecular formula is C22H26N4O2S. The monoisotopic (exact) mass is 410 g/mol. The zero-order valence-electron chi connectivity index (χ0n) is 16.8. The Hall–Kier alpha value is -2.51. The molecule has 1 atom stereocenters. The van der Waals surface area contributed by atoms with Crippen molar-refractivity contribution in [1.29, 1.82) is 0 Å². The molecule has 1 aliphatic rings. The van der Waals surface area contributed by atoms with Gasteiger partial charge in [0.05, 0.1) is 12.6 Å². The van der Waals surface area contributed by atoms with Crippen molar-refractivity contribution in [2.45, 2.75) is 45.7 Å². The predicted octanol–water partition coefficient (Wildman–Crippen LogP) is 3.77. The number of aryl methyl sites for hydroxylation is 2. The number of amides is 1. The van der Waals surface area contributed by atoms with Crippen molar-refractivity contribution in [2.24, 2.45) is 11.7 Å². The molecule has 2 aromatic heterocycles. The molecule has 0 aliphatic carbocycles. The molecule has 0 spiro atoms. The second-order valence-corrected chi connectivity index (χ2v) is 8.67. The standard InChI is InChI=1S/C22H26N4O2S/c1-14(2)20(23)21-25-17(13-29-21)22(27)26-11-10-18-16(12-26)24-19(28-18)9-8-15-6-4-3-5-7-15/h3-7,13-14,20H,8-12,23H2,1-2H3/t20-/m0/s1. The molecule has 2 N–H and O–H groups in total. The molecule has 1 aliphatic heterocycles. The van der Waals surface area contributed by atoms with Crippen LogP contribution >= 0.6 is 11.3 Å². The Morgan fingerprint density at radius 3 is 2.79 bits per heavy atom. The first-order chi connectivity index (χ1) is 14.0. The molecule has 0 radical (unpaired) electrons. The lowest BCUT2D eigenvalue weighted by molar-refractivity contribution is 0.0722. The van der Waals surface area contributed by atoms with Gasteiger partial charge in [-0.25, -0.2) is 9.97 Å². The van der Waals surface area contributed by atoms with Crippen LogP contribution in [0.3, 0.4) is 0 Å². The van der Waals surface area contributed by atoms with Crippen LogP contribution in [-0.2, 0) is 25.8 Å². The van der Waals surface area contributed by atoms with Crippen molar-refractivity contribution in [2.75, 3.05) is 6.54 Å². The topological polar surface area (TPSA) is 85.2 Å². The Bertz CT molecular complexity index is 980. The number of carbonyl (C=O) groups excluding carboxylic acids is 1. The van der Waals surface area contributed by atoms with Crippen molar-refractivity contribution < 1.29 is 9.21 Å². The quantitative estimate of drug-likeness (QED) is 0.669. The minimum absolute atomic E-state index is 0.0667. The Morgan fingerprint density at radius 1 is 1.24 bits per heavy atom. The van der Waals surface area contributed by atoms with Gasteiger partial charge in [0.1, 0.15) is 22.2 Å². The number of carbonyl (C=O) groups is 1. The van der Waals surface area contributed by atoms with Gasteiger partial charge in [-0.1, -0.05) is 44.2 Å². The molecule has 0 fully saturated rings. The Kier molecular flexibility index (Phi) is 5.78. The summed E-state index contributed by atoms with van der Waals surface area (Å²) in [4.78, 5) is 23.8. The van der Waals surface area contributed by atoms with Gasteiger partial charge >= 0.3 is 0 Å². The second-order valence-electron chi connectivity index (χ2n) is 7.78. The summed E-state index contributed by atoms with van der Waals surface area (Å²) >= 11 is 1.45. The summed E-state index contributed by atoms with van der Waals surface area (Å²) < 4.78 is 5.94. The highest BCUT2D eigenvalue weighted by Gasteiger charge is 2.28. The largest absolute Gasteiger partial charge is 0.445 e. The van der Waals surface area contributed by atoms with Gasteiger partial charge in [0, 0.05) is 24.8 Å². The lowest BCUT2D eigenvalue weighted by Crippen LogP contribution is -2.36. The summed E-state index contributed by atoms with van der Waals surface area (Å²) in [6.07, 6.45) is 2.33. The lowest BCUT2D eigenvalue weighted by Gasteiger charge is -2.24. The summed E-state index contributed by atoms with van der Waals surface area (Å²) in [7, 11) is 0. The number of fused-ring (bicyclic) bond motifs is 1. The van der Waals surface area contributed by atoms with Gasteiger partial charge in [0.2, 0.25) is 0 Å². The van der Waals surface area contributed by atoms with E-state index in [1.807, 2.05) is 23.6 Å². The predicted molar refractivity (Wildman–Crippen MR) is 113 cm³/mol. The maximum atomic E-state index is 12.9. The molecule has 0 saturated carbocycles. The highest BCUT2D eigenvalue weighted by atomic mass is 32.1. The van der Waals surface area contributed by atoms with Gasteiger partial charge < -0.3 is 15.1 Å². The molecule has 0 unspecified atom stereocenters. The number of nitrogens with two attached hydrogens (primary N) is 1. The molecule has 6 nitrogen and oxygen atoms in total. The fourth-order valence-electron chi connectivity index (χ4n) is 3.41. The lowest BCUT2D eigenvalue weighted by atomic mass is 10.1. The van der Waals surface area contributed by atoms with Crippen molar-refractivity contribution in [1.82, 2.24) is 14.9 Å². The van der Waals surface area contributed by atoms with Gasteiger partial charge in [-0.05, 0) is 17.9 Å². The highest BCUT2D eigenvalue weighted by Crippen LogP contribution is 2.25. The number of hydrogen-bond acceptors (Lipinski definition) is 6. The first-order valence-electron chi connectivity index (χ1n) is 10.0. The molecule has 1 amide bonds. The van der Waals surface area contributed by atoms with Crippen LogP contribution in [0.15, 0.2) is 40.1 Å². The van der Waals surface area contributed by atoms with Crippen LogP contribution in [0.5, 0.6) is 0 Å². The van der Waals surface area contributed by atoms with Gasteiger partial charge in [-0.2, -0.15) is 0 Å². The van der Waals surface area contributed by atoms with Gasteiger partial charge in [-0.3, -0.25) is 4.79 Å². The minimum atomic E-state index is -0.141. The van der Waals surface area contributed by atoms with E-state index in [1.54, 1.807) is 4.90 Å². The number of nitrogens with zero attached hydrogens (tertiary/aromatic N) is 3. The van der Waals surface area contributed by atoms with Crippen LogP contribution in [0.4, 0.5) is 0 Å². The van der Waals surface area contributed by atoms with E-state index in [1.165, 1.54) is 16.9 Å². The Morgan fingerprint density at radius 2 is 2.03 bits per heavy atom. The maximum absolute atomic E-state index is 12.9. The van der Waals surface area contributed by atoms with Crippen molar-refractivity contribution in [3.8, 4) is 0 Å². The highest BCUT2D eigenvalue weighted by molar-refractivity contribution is 7.09. The fourth-order valence-corrected chi connectivity index (χ4v) is 4.38. The van der Waals surface area contributed by atoms with Crippen LogP contribution in [0.25, 0.3) is 0 Å². The van der Waals surface area contributed by atoms with Crippen LogP contribution in [0, 0.1) is 5.92 Å². The first-order valence-corrected chi connectivity index (χ1v) is 10.9. The molecule has 3 aromatic rings. The van der Waals surface area contributed by atoms with Crippen LogP contribution in [-0.4, -0.2) is 27.3 Å². The molecule has 4 rings (SSSR count). The van der Waals surface area contributed by atoms with E-state index >= 15 is 0 Å². The average Bonchev–Trinajstić information content (AvgIpc) is 3.38. The fraction of sp³-hybridized carbons (Fsp3) is 0.409. The van der Waals surface area contributed by atoms with Gasteiger partial charge in [0.15, 0.2) is 5.89 Å². The third-order valence-electron chi connectivity index (χ3n) is 5.27. The van der Waals surface area contributed by atoms with E-state index in [0.717, 1.165) is 35.2 Å². The van der Waals surface area contributed by atoms with Crippen molar-refractivity contribution in [3.63, 3.8) is 0 Å². The molecule has 0 saturated heterocycles. The van der Waals surface area contributed by atoms with E-state index in [9.17, 15) is 4.79 Å². The molecule has 7 heteroatoms. The second kappa shape index (κ2) is 8.47. The number of hydrogen-bond donors (Lipinski definition) is 1. The zero-order valence-corrected chi connectivity index (χ0v) is 17.6. The number of benzene rings is 1. The van der Waals surface area contributed by atoms with Crippen molar-refractivity contribution >= 4 is 17.2 Å². The third-order valence-corrected chi connectivity index (χ3v) is 6.22. The van der Waals surface area contributed by atoms with E-state index in [2.05, 4.69) is 35.9 Å². The summed E-state index contributed by atoms with van der Waals surface area (Å²) in [5.74, 6) is 1.86.